The third-order valence-corrected chi connectivity index (χ3v) is 12.0. The molecule has 56 heavy (non-hydrogen) atoms. The predicted octanol–water partition coefficient (Wildman–Crippen LogP) is 15.2. The highest BCUT2D eigenvalue weighted by Gasteiger charge is 2.39. The zero-order valence-electron chi connectivity index (χ0n) is 31.9. The minimum absolute atomic E-state index is 0.204. The lowest BCUT2D eigenvalue weighted by molar-refractivity contribution is 0.659. The van der Waals surface area contributed by atoms with Crippen molar-refractivity contribution < 1.29 is 8.83 Å². The van der Waals surface area contributed by atoms with Gasteiger partial charge < -0.3 is 13.7 Å². The van der Waals surface area contributed by atoms with E-state index in [1.165, 1.54) is 39.1 Å². The molecule has 3 heteroatoms. The summed E-state index contributed by atoms with van der Waals surface area (Å²) in [5.41, 5.74) is 19.1. The lowest BCUT2D eigenvalue weighted by Gasteiger charge is -2.33. The van der Waals surface area contributed by atoms with Crippen LogP contribution in [0.4, 0.5) is 17.1 Å². The van der Waals surface area contributed by atoms with Gasteiger partial charge in [0.2, 0.25) is 0 Å². The average Bonchev–Trinajstić information content (AvgIpc) is 3.87. The average molecular weight is 722 g/mol. The van der Waals surface area contributed by atoms with Crippen LogP contribution < -0.4 is 4.90 Å². The minimum atomic E-state index is -0.204. The van der Waals surface area contributed by atoms with Crippen LogP contribution in [0.2, 0.25) is 0 Å². The Hall–Kier alpha value is -6.84. The van der Waals surface area contributed by atoms with Crippen LogP contribution in [-0.4, -0.2) is 0 Å². The molecule has 268 valence electrons. The molecule has 0 unspecified atom stereocenters. The highest BCUT2D eigenvalue weighted by Crippen LogP contribution is 2.55. The molecule has 0 radical (unpaired) electrons. The number of benzene rings is 8. The number of furan rings is 2. The summed E-state index contributed by atoms with van der Waals surface area (Å²) in [5.74, 6) is 0. The summed E-state index contributed by atoms with van der Waals surface area (Å²) in [7, 11) is 0. The molecule has 3 nitrogen and oxygen atoms in total. The van der Waals surface area contributed by atoms with Gasteiger partial charge in [0.15, 0.2) is 0 Å². The van der Waals surface area contributed by atoms with E-state index < -0.39 is 0 Å². The molecule has 0 bridgehead atoms. The van der Waals surface area contributed by atoms with Crippen LogP contribution in [-0.2, 0) is 5.41 Å². The van der Waals surface area contributed by atoms with Gasteiger partial charge in [0.1, 0.15) is 22.3 Å². The third-order valence-electron chi connectivity index (χ3n) is 12.0. The maximum absolute atomic E-state index is 6.46. The van der Waals surface area contributed by atoms with E-state index in [9.17, 15) is 0 Å². The van der Waals surface area contributed by atoms with Gasteiger partial charge in [-0.1, -0.05) is 147 Å². The maximum Gasteiger partial charge on any atom is 0.143 e. The second-order valence-corrected chi connectivity index (χ2v) is 15.8. The number of hydrogen-bond donors (Lipinski definition) is 0. The molecule has 0 saturated carbocycles. The van der Waals surface area contributed by atoms with Crippen LogP contribution in [0.3, 0.4) is 0 Å². The number of fused-ring (bicyclic) bond motifs is 9. The topological polar surface area (TPSA) is 29.5 Å². The van der Waals surface area contributed by atoms with Gasteiger partial charge in [0.25, 0.3) is 0 Å². The van der Waals surface area contributed by atoms with E-state index >= 15 is 0 Å². The van der Waals surface area contributed by atoms with Crippen molar-refractivity contribution in [2.45, 2.75) is 33.1 Å². The van der Waals surface area contributed by atoms with Gasteiger partial charge in [-0.25, -0.2) is 0 Å². The first-order valence-electron chi connectivity index (χ1n) is 19.4. The summed E-state index contributed by atoms with van der Waals surface area (Å²) in [5, 5.41) is 4.54. The fraction of sp³-hybridized carbons (Fsp3) is 0.0943. The second-order valence-electron chi connectivity index (χ2n) is 15.8. The molecule has 0 amide bonds. The lowest BCUT2D eigenvalue weighted by atomic mass is 9.80. The Kier molecular flexibility index (Phi) is 7.03. The largest absolute Gasteiger partial charge is 0.455 e. The monoisotopic (exact) mass is 721 g/mol. The fourth-order valence-electron chi connectivity index (χ4n) is 9.32. The lowest BCUT2D eigenvalue weighted by Crippen LogP contribution is -2.21. The van der Waals surface area contributed by atoms with Crippen molar-refractivity contribution in [2.24, 2.45) is 0 Å². The van der Waals surface area contributed by atoms with Gasteiger partial charge in [-0.2, -0.15) is 0 Å². The van der Waals surface area contributed by atoms with E-state index in [0.717, 1.165) is 77.5 Å². The van der Waals surface area contributed by atoms with E-state index in [4.69, 9.17) is 8.83 Å². The zero-order chi connectivity index (χ0) is 37.7. The highest BCUT2D eigenvalue weighted by atomic mass is 16.3. The molecule has 0 fully saturated rings. The zero-order valence-corrected chi connectivity index (χ0v) is 31.9. The van der Waals surface area contributed by atoms with Crippen LogP contribution in [0.25, 0.3) is 77.3 Å². The van der Waals surface area contributed by atoms with Crippen LogP contribution in [0.1, 0.15) is 36.1 Å². The van der Waals surface area contributed by atoms with Crippen LogP contribution in [0, 0.1) is 13.8 Å². The summed E-state index contributed by atoms with van der Waals surface area (Å²) in [6.45, 7) is 9.21. The van der Waals surface area contributed by atoms with E-state index in [0.29, 0.717) is 0 Å². The van der Waals surface area contributed by atoms with Gasteiger partial charge in [-0.15, -0.1) is 0 Å². The Labute approximate surface area is 326 Å². The highest BCUT2D eigenvalue weighted by molar-refractivity contribution is 6.10. The second kappa shape index (κ2) is 12.1. The van der Waals surface area contributed by atoms with Crippen molar-refractivity contribution in [3.63, 3.8) is 0 Å². The summed E-state index contributed by atoms with van der Waals surface area (Å²) in [4.78, 5) is 2.46. The Morgan fingerprint density at radius 3 is 1.50 bits per heavy atom. The van der Waals surface area contributed by atoms with E-state index in [-0.39, 0.29) is 5.41 Å². The molecule has 8 aromatic carbocycles. The van der Waals surface area contributed by atoms with Crippen molar-refractivity contribution in [1.29, 1.82) is 0 Å². The number of nitrogens with zero attached hydrogens (tertiary/aromatic N) is 1. The van der Waals surface area contributed by atoms with Gasteiger partial charge in [-0.3, -0.25) is 0 Å². The van der Waals surface area contributed by atoms with Crippen molar-refractivity contribution in [2.75, 3.05) is 4.90 Å². The van der Waals surface area contributed by atoms with Crippen molar-refractivity contribution in [1.82, 2.24) is 0 Å². The molecular formula is C53H39NO2. The first kappa shape index (κ1) is 32.6. The number of para-hydroxylation sites is 4. The number of rotatable bonds is 5. The predicted molar refractivity (Wildman–Crippen MR) is 234 cm³/mol. The SMILES string of the molecule is Cc1ccc2c(c1)C(C)(C)c1c-2ccc(C)c1N(c1ccc(-c2cccc3c2oc2ccccc23)cc1)c1ccc(-c2cccc3c2oc2ccccc23)cc1. The molecule has 11 rings (SSSR count). The summed E-state index contributed by atoms with van der Waals surface area (Å²) >= 11 is 0. The molecule has 0 saturated heterocycles. The van der Waals surface area contributed by atoms with Crippen molar-refractivity contribution in [3.05, 3.63) is 186 Å². The number of hydrogen-bond acceptors (Lipinski definition) is 3. The Balaban J connectivity index is 1.08. The molecule has 2 heterocycles. The van der Waals surface area contributed by atoms with Gasteiger partial charge in [0, 0.05) is 49.5 Å². The molecule has 2 aromatic heterocycles. The molecule has 0 aliphatic heterocycles. The van der Waals surface area contributed by atoms with E-state index in [1.807, 2.05) is 24.3 Å². The Morgan fingerprint density at radius 2 is 0.946 bits per heavy atom. The first-order valence-corrected chi connectivity index (χ1v) is 19.4. The van der Waals surface area contributed by atoms with Crippen molar-refractivity contribution >= 4 is 60.9 Å². The smallest absolute Gasteiger partial charge is 0.143 e. The fourth-order valence-corrected chi connectivity index (χ4v) is 9.32. The van der Waals surface area contributed by atoms with E-state index in [2.05, 4.69) is 172 Å². The summed E-state index contributed by atoms with van der Waals surface area (Å²) in [6.07, 6.45) is 0. The van der Waals surface area contributed by atoms with E-state index in [1.54, 1.807) is 0 Å². The Morgan fingerprint density at radius 1 is 0.446 bits per heavy atom. The standard InChI is InChI=1S/C53H39NO2/c1-32-19-29-40-43-30-20-33(2)50(49(43)53(3,4)46(40)31-32)54(36-25-21-34(22-26-36)38-13-9-15-44-41-11-5-7-17-47(41)55-51(38)44)37-27-23-35(24-28-37)39-14-10-16-45-42-12-6-8-18-48(42)56-52(39)45/h5-31H,1-4H3. The molecule has 0 spiro atoms. The molecule has 1 aliphatic carbocycles. The summed E-state index contributed by atoms with van der Waals surface area (Å²) < 4.78 is 12.9. The number of anilines is 3. The molecular weight excluding hydrogens is 683 g/mol. The molecule has 10 aromatic rings. The normalized spacial score (nSPS) is 13.1. The van der Waals surface area contributed by atoms with Crippen LogP contribution in [0.15, 0.2) is 173 Å². The van der Waals surface area contributed by atoms with Gasteiger partial charge >= 0.3 is 0 Å². The quantitative estimate of drug-likeness (QED) is 0.177. The first-order chi connectivity index (χ1) is 27.3. The minimum Gasteiger partial charge on any atom is -0.455 e. The van der Waals surface area contributed by atoms with Gasteiger partial charge in [0.05, 0.1) is 5.69 Å². The number of aryl methyl sites for hydroxylation is 2. The van der Waals surface area contributed by atoms with Crippen LogP contribution in [0.5, 0.6) is 0 Å². The summed E-state index contributed by atoms with van der Waals surface area (Å²) in [6, 6.07) is 59.0. The Bertz CT molecular complexity index is 3020. The van der Waals surface area contributed by atoms with Gasteiger partial charge in [-0.05, 0) is 89.2 Å². The maximum atomic E-state index is 6.46. The third kappa shape index (κ3) is 4.77. The molecule has 1 aliphatic rings. The molecule has 0 N–H and O–H groups in total. The van der Waals surface area contributed by atoms with Crippen molar-refractivity contribution in [3.8, 4) is 33.4 Å². The van der Waals surface area contributed by atoms with Crippen LogP contribution >= 0.6 is 0 Å². The molecule has 0 atom stereocenters.